The highest BCUT2D eigenvalue weighted by atomic mass is 16.5. The Morgan fingerprint density at radius 1 is 0.892 bits per heavy atom. The van der Waals surface area contributed by atoms with E-state index in [0.717, 1.165) is 24.0 Å². The highest BCUT2D eigenvalue weighted by Crippen LogP contribution is 2.06. The van der Waals surface area contributed by atoms with E-state index in [1.807, 2.05) is 55.5 Å². The molecule has 0 saturated carbocycles. The number of carbonyl (C=O) groups excluding carboxylic acids is 2. The van der Waals surface area contributed by atoms with E-state index in [-0.39, 0.29) is 30.4 Å². The van der Waals surface area contributed by atoms with Gasteiger partial charge in [-0.2, -0.15) is 0 Å². The van der Waals surface area contributed by atoms with Crippen LogP contribution < -0.4 is 21.7 Å². The lowest BCUT2D eigenvalue weighted by atomic mass is 10.1. The highest BCUT2D eigenvalue weighted by Gasteiger charge is 2.14. The van der Waals surface area contributed by atoms with E-state index in [0.29, 0.717) is 18.7 Å². The Hall–Kier alpha value is -4.01. The summed E-state index contributed by atoms with van der Waals surface area (Å²) in [6.45, 7) is 2.85. The Labute approximate surface area is 218 Å². The Morgan fingerprint density at radius 3 is 2.16 bits per heavy atom. The van der Waals surface area contributed by atoms with Gasteiger partial charge in [-0.25, -0.2) is 4.79 Å². The minimum atomic E-state index is -0.688. The highest BCUT2D eigenvalue weighted by molar-refractivity contribution is 6.04. The molecule has 0 aliphatic carbocycles. The second kappa shape index (κ2) is 14.5. The molecule has 0 aliphatic heterocycles. The van der Waals surface area contributed by atoms with Crippen LogP contribution in [0.2, 0.25) is 0 Å². The molecule has 0 heterocycles. The molecule has 2 amide bonds. The van der Waals surface area contributed by atoms with Crippen LogP contribution in [0.15, 0.2) is 84.9 Å². The van der Waals surface area contributed by atoms with Crippen LogP contribution in [0.4, 0.5) is 4.79 Å². The third-order valence-corrected chi connectivity index (χ3v) is 5.88. The lowest BCUT2D eigenvalue weighted by molar-refractivity contribution is -0.122. The Kier molecular flexibility index (Phi) is 10.8. The number of carbonyl (C=O) groups is 2. The average Bonchev–Trinajstić information content (AvgIpc) is 2.93. The second-order valence-corrected chi connectivity index (χ2v) is 8.89. The topological polar surface area (TPSA) is 129 Å². The molecular weight excluding hydrogens is 466 g/mol. The standard InChI is InChI=1S/C29H35N5O3/c1-21(32-19-26(30)17-14-22-8-4-2-5-9-22)28(35)33-18-23-12-15-25(16-13-23)27(31)34-29(36)37-20-24-10-6-3-7-11-24/h2-13,15-16,21,26,32H,14,17-20,30H2,1H3,(H,33,35)(H2,31,34,36)/t21-,26+/m0/s1. The van der Waals surface area contributed by atoms with Gasteiger partial charge < -0.3 is 21.1 Å². The maximum absolute atomic E-state index is 12.5. The lowest BCUT2D eigenvalue weighted by Gasteiger charge is -2.18. The van der Waals surface area contributed by atoms with E-state index in [9.17, 15) is 9.59 Å². The van der Waals surface area contributed by atoms with E-state index >= 15 is 0 Å². The Morgan fingerprint density at radius 2 is 1.51 bits per heavy atom. The number of ether oxygens (including phenoxy) is 1. The first-order valence-electron chi connectivity index (χ1n) is 12.4. The van der Waals surface area contributed by atoms with Gasteiger partial charge in [-0.1, -0.05) is 84.9 Å². The maximum atomic E-state index is 12.5. The van der Waals surface area contributed by atoms with Gasteiger partial charge in [0.1, 0.15) is 12.4 Å². The van der Waals surface area contributed by atoms with E-state index < -0.39 is 6.09 Å². The van der Waals surface area contributed by atoms with Crippen molar-refractivity contribution in [3.8, 4) is 0 Å². The molecule has 2 atom stereocenters. The molecule has 3 rings (SSSR count). The number of alkyl carbamates (subject to hydrolysis) is 1. The molecule has 6 N–H and O–H groups in total. The first-order valence-corrected chi connectivity index (χ1v) is 12.4. The predicted molar refractivity (Wildman–Crippen MR) is 145 cm³/mol. The first-order chi connectivity index (χ1) is 17.9. The zero-order valence-corrected chi connectivity index (χ0v) is 21.1. The monoisotopic (exact) mass is 501 g/mol. The summed E-state index contributed by atoms with van der Waals surface area (Å²) in [5, 5.41) is 16.6. The number of hydrogen-bond donors (Lipinski definition) is 5. The van der Waals surface area contributed by atoms with Crippen molar-refractivity contribution in [1.29, 1.82) is 5.41 Å². The van der Waals surface area contributed by atoms with Crippen molar-refractivity contribution in [2.45, 2.75) is 45.0 Å². The zero-order valence-electron chi connectivity index (χ0n) is 21.1. The van der Waals surface area contributed by atoms with Crippen LogP contribution >= 0.6 is 0 Å². The van der Waals surface area contributed by atoms with E-state index in [1.54, 1.807) is 24.3 Å². The molecule has 0 aliphatic rings. The van der Waals surface area contributed by atoms with E-state index in [1.165, 1.54) is 5.56 Å². The molecule has 0 fully saturated rings. The van der Waals surface area contributed by atoms with Crippen LogP contribution in [0.1, 0.15) is 35.6 Å². The van der Waals surface area contributed by atoms with Crippen molar-refractivity contribution in [1.82, 2.24) is 16.0 Å². The fourth-order valence-corrected chi connectivity index (χ4v) is 3.58. The molecule has 0 spiro atoms. The number of nitrogens with two attached hydrogens (primary N) is 1. The fraction of sp³-hybridized carbons (Fsp3) is 0.276. The van der Waals surface area contributed by atoms with Gasteiger partial charge in [-0.05, 0) is 36.5 Å². The molecule has 0 bridgehead atoms. The van der Waals surface area contributed by atoms with Gasteiger partial charge in [-0.15, -0.1) is 0 Å². The van der Waals surface area contributed by atoms with Crippen LogP contribution in [0.25, 0.3) is 0 Å². The van der Waals surface area contributed by atoms with Gasteiger partial charge in [0.2, 0.25) is 5.91 Å². The Balaban J connectivity index is 1.34. The fourth-order valence-electron chi connectivity index (χ4n) is 3.58. The number of nitrogens with one attached hydrogen (secondary N) is 4. The quantitative estimate of drug-likeness (QED) is 0.192. The number of aryl methyl sites for hydroxylation is 1. The Bertz CT molecular complexity index is 1140. The molecular formula is C29H35N5O3. The number of hydrogen-bond acceptors (Lipinski definition) is 6. The number of amides is 2. The minimum Gasteiger partial charge on any atom is -0.444 e. The number of benzene rings is 3. The van der Waals surface area contributed by atoms with Crippen LogP contribution in [0.3, 0.4) is 0 Å². The van der Waals surface area contributed by atoms with E-state index in [2.05, 4.69) is 28.1 Å². The average molecular weight is 502 g/mol. The van der Waals surface area contributed by atoms with Crippen LogP contribution in [-0.4, -0.2) is 36.5 Å². The smallest absolute Gasteiger partial charge is 0.413 e. The van der Waals surface area contributed by atoms with Gasteiger partial charge in [0.05, 0.1) is 6.04 Å². The van der Waals surface area contributed by atoms with Gasteiger partial charge >= 0.3 is 6.09 Å². The molecule has 0 radical (unpaired) electrons. The van der Waals surface area contributed by atoms with Crippen molar-refractivity contribution in [2.75, 3.05) is 6.54 Å². The summed E-state index contributed by atoms with van der Waals surface area (Å²) >= 11 is 0. The van der Waals surface area contributed by atoms with Crippen molar-refractivity contribution in [2.24, 2.45) is 5.73 Å². The first kappa shape index (κ1) is 27.6. The lowest BCUT2D eigenvalue weighted by Crippen LogP contribution is -2.46. The number of rotatable bonds is 12. The minimum absolute atomic E-state index is 0.0393. The molecule has 37 heavy (non-hydrogen) atoms. The molecule has 8 nitrogen and oxygen atoms in total. The summed E-state index contributed by atoms with van der Waals surface area (Å²) in [6.07, 6.45) is 1.06. The zero-order chi connectivity index (χ0) is 26.5. The normalized spacial score (nSPS) is 12.3. The van der Waals surface area contributed by atoms with E-state index in [4.69, 9.17) is 15.9 Å². The van der Waals surface area contributed by atoms with Crippen LogP contribution in [0, 0.1) is 5.41 Å². The second-order valence-electron chi connectivity index (χ2n) is 8.89. The van der Waals surface area contributed by atoms with Crippen LogP contribution in [-0.2, 0) is 29.1 Å². The van der Waals surface area contributed by atoms with Crippen molar-refractivity contribution in [3.05, 3.63) is 107 Å². The summed E-state index contributed by atoms with van der Waals surface area (Å²) in [4.78, 5) is 24.4. The van der Waals surface area contributed by atoms with Crippen LogP contribution in [0.5, 0.6) is 0 Å². The molecule has 0 saturated heterocycles. The summed E-state index contributed by atoms with van der Waals surface area (Å²) in [5.74, 6) is -0.176. The molecule has 0 aromatic heterocycles. The molecule has 194 valence electrons. The molecule has 3 aromatic carbocycles. The van der Waals surface area contributed by atoms with Gasteiger partial charge in [0.15, 0.2) is 0 Å². The summed E-state index contributed by atoms with van der Waals surface area (Å²) in [6, 6.07) is 26.2. The summed E-state index contributed by atoms with van der Waals surface area (Å²) < 4.78 is 5.15. The third kappa shape index (κ3) is 9.87. The molecule has 0 unspecified atom stereocenters. The van der Waals surface area contributed by atoms with Gasteiger partial charge in [0, 0.05) is 24.7 Å². The van der Waals surface area contributed by atoms with Crippen molar-refractivity contribution < 1.29 is 14.3 Å². The number of amidine groups is 1. The maximum Gasteiger partial charge on any atom is 0.413 e. The van der Waals surface area contributed by atoms with Gasteiger partial charge in [0.25, 0.3) is 0 Å². The largest absolute Gasteiger partial charge is 0.444 e. The SMILES string of the molecule is C[C@H](NC[C@H](N)CCc1ccccc1)C(=O)NCc1ccc(C(=N)NC(=O)OCc2ccccc2)cc1. The molecule has 3 aromatic rings. The van der Waals surface area contributed by atoms with Crippen molar-refractivity contribution in [3.63, 3.8) is 0 Å². The molecule has 8 heteroatoms. The van der Waals surface area contributed by atoms with Crippen molar-refractivity contribution >= 4 is 17.8 Å². The summed E-state index contributed by atoms with van der Waals surface area (Å²) in [5.41, 5.74) is 9.73. The predicted octanol–water partition coefficient (Wildman–Crippen LogP) is 3.49. The third-order valence-electron chi connectivity index (χ3n) is 5.88. The summed E-state index contributed by atoms with van der Waals surface area (Å²) in [7, 11) is 0. The van der Waals surface area contributed by atoms with Gasteiger partial charge in [-0.3, -0.25) is 15.5 Å².